The van der Waals surface area contributed by atoms with E-state index in [2.05, 4.69) is 5.09 Å². The van der Waals surface area contributed by atoms with Crippen LogP contribution in [0.3, 0.4) is 0 Å². The molecule has 10 heteroatoms. The number of carboxylic acid groups (broad SMARTS) is 1. The second-order valence-electron chi connectivity index (χ2n) is 7.50. The molecule has 3 aromatic rings. The van der Waals surface area contributed by atoms with Crippen molar-refractivity contribution in [2.45, 2.75) is 39.1 Å². The molecule has 0 aliphatic rings. The monoisotopic (exact) mass is 495 g/mol. The third-order valence-electron chi connectivity index (χ3n) is 4.34. The van der Waals surface area contributed by atoms with Crippen molar-refractivity contribution in [2.75, 3.05) is 0 Å². The minimum atomic E-state index is -3.63. The van der Waals surface area contributed by atoms with Crippen LogP contribution < -0.4 is 9.61 Å². The van der Waals surface area contributed by atoms with Crippen LogP contribution in [0, 0.1) is 0 Å². The average Bonchev–Trinajstić information content (AvgIpc) is 3.13. The zero-order valence-electron chi connectivity index (χ0n) is 17.7. The summed E-state index contributed by atoms with van der Waals surface area (Å²) >= 11 is 7.09. The van der Waals surface area contributed by atoms with E-state index in [1.807, 2.05) is 0 Å². The fourth-order valence-corrected chi connectivity index (χ4v) is 6.04. The molecule has 0 fully saturated rings. The lowest BCUT2D eigenvalue weighted by Gasteiger charge is -2.24. The molecule has 32 heavy (non-hydrogen) atoms. The summed E-state index contributed by atoms with van der Waals surface area (Å²) in [5.41, 5.74) is 0.668. The minimum absolute atomic E-state index is 0.0247. The number of carbonyl (C=O) groups excluding carboxylic acids is 1. The summed E-state index contributed by atoms with van der Waals surface area (Å²) in [5, 5.41) is 13.3. The molecular weight excluding hydrogens is 473 g/mol. The van der Waals surface area contributed by atoms with E-state index in [4.69, 9.17) is 20.9 Å². The molecule has 1 unspecified atom stereocenters. The zero-order chi connectivity index (χ0) is 23.5. The first kappa shape index (κ1) is 24.3. The van der Waals surface area contributed by atoms with Gasteiger partial charge in [-0.1, -0.05) is 17.7 Å². The normalized spacial score (nSPS) is 14.2. The second kappa shape index (κ2) is 10.0. The van der Waals surface area contributed by atoms with Crippen molar-refractivity contribution in [3.05, 3.63) is 64.0 Å². The van der Waals surface area contributed by atoms with Gasteiger partial charge in [-0.3, -0.25) is 9.36 Å². The number of carbonyl (C=O) groups is 2. The Morgan fingerprint density at radius 1 is 1.12 bits per heavy atom. The van der Waals surface area contributed by atoms with Gasteiger partial charge in [0.1, 0.15) is 16.7 Å². The topological polar surface area (TPSA) is 102 Å². The Balaban J connectivity index is 1.89. The molecule has 2 N–H and O–H groups in total. The number of thiophene rings is 1. The van der Waals surface area contributed by atoms with Gasteiger partial charge in [-0.2, -0.15) is 0 Å². The number of ether oxygens (including phenoxy) is 1. The maximum atomic E-state index is 13.8. The van der Waals surface area contributed by atoms with Crippen molar-refractivity contribution in [2.24, 2.45) is 0 Å². The van der Waals surface area contributed by atoms with Crippen LogP contribution in [0.1, 0.15) is 36.0 Å². The van der Waals surface area contributed by atoms with Gasteiger partial charge in [-0.15, -0.1) is 11.3 Å². The molecule has 7 nitrogen and oxygen atoms in total. The lowest BCUT2D eigenvalue weighted by Crippen LogP contribution is -2.36. The standard InChI is InChI=1S/C22H23ClNO6PS/c1-13(2)29-22(27)14(3)24-31(28,30-18-7-5-17(23)6-8-18)12-15-4-9-19-16(10-15)11-20(32-19)21(25)26/h4-11,13-14H,12H2,1-3H3,(H,24,28)(H,25,26)/t14-,31?/m0/s1. The van der Waals surface area contributed by atoms with Gasteiger partial charge in [0.05, 0.1) is 12.3 Å². The van der Waals surface area contributed by atoms with E-state index in [0.29, 0.717) is 16.3 Å². The highest BCUT2D eigenvalue weighted by Crippen LogP contribution is 2.47. The van der Waals surface area contributed by atoms with Crippen LogP contribution in [-0.4, -0.2) is 29.2 Å². The zero-order valence-corrected chi connectivity index (χ0v) is 20.2. The van der Waals surface area contributed by atoms with E-state index in [0.717, 1.165) is 10.1 Å². The Bertz CT molecular complexity index is 1180. The molecule has 0 saturated heterocycles. The molecule has 2 aromatic carbocycles. The van der Waals surface area contributed by atoms with Crippen LogP contribution in [0.15, 0.2) is 48.5 Å². The van der Waals surface area contributed by atoms with Crippen LogP contribution in [0.4, 0.5) is 0 Å². The predicted molar refractivity (Wildman–Crippen MR) is 126 cm³/mol. The quantitative estimate of drug-likeness (QED) is 0.279. The summed E-state index contributed by atoms with van der Waals surface area (Å²) in [5.74, 6) is -1.21. The van der Waals surface area contributed by atoms with E-state index in [-0.39, 0.29) is 17.1 Å². The van der Waals surface area contributed by atoms with E-state index in [9.17, 15) is 19.3 Å². The van der Waals surface area contributed by atoms with Gasteiger partial charge < -0.3 is 14.4 Å². The third-order valence-corrected chi connectivity index (χ3v) is 7.77. The minimum Gasteiger partial charge on any atom is -0.477 e. The van der Waals surface area contributed by atoms with Gasteiger partial charge in [0.15, 0.2) is 0 Å². The molecule has 3 rings (SSSR count). The predicted octanol–water partition coefficient (Wildman–Crippen LogP) is 5.95. The molecule has 0 spiro atoms. The molecule has 0 radical (unpaired) electrons. The number of aromatic carboxylic acids is 1. The van der Waals surface area contributed by atoms with Crippen molar-refractivity contribution >= 4 is 52.5 Å². The number of nitrogens with one attached hydrogen (secondary N) is 1. The third kappa shape index (κ3) is 6.33. The van der Waals surface area contributed by atoms with Crippen LogP contribution in [0.25, 0.3) is 10.1 Å². The van der Waals surface area contributed by atoms with E-state index >= 15 is 0 Å². The van der Waals surface area contributed by atoms with Crippen molar-refractivity contribution < 1.29 is 28.5 Å². The second-order valence-corrected chi connectivity index (χ2v) is 11.1. The number of esters is 1. The molecular formula is C22H23ClNO6PS. The summed E-state index contributed by atoms with van der Waals surface area (Å²) < 4.78 is 25.7. The lowest BCUT2D eigenvalue weighted by atomic mass is 10.2. The number of halogens is 1. The summed E-state index contributed by atoms with van der Waals surface area (Å²) in [6, 6.07) is 12.4. The van der Waals surface area contributed by atoms with Crippen LogP contribution in [-0.2, 0) is 20.3 Å². The molecule has 1 heterocycles. The van der Waals surface area contributed by atoms with Gasteiger partial charge in [-0.25, -0.2) is 9.88 Å². The number of benzene rings is 2. The largest absolute Gasteiger partial charge is 0.477 e. The van der Waals surface area contributed by atoms with E-state index in [1.54, 1.807) is 69.3 Å². The van der Waals surface area contributed by atoms with Gasteiger partial charge in [0.2, 0.25) is 0 Å². The molecule has 0 saturated carbocycles. The van der Waals surface area contributed by atoms with E-state index < -0.39 is 25.5 Å². The smallest absolute Gasteiger partial charge is 0.345 e. The lowest BCUT2D eigenvalue weighted by molar-refractivity contribution is -0.149. The van der Waals surface area contributed by atoms with Crippen molar-refractivity contribution in [1.29, 1.82) is 0 Å². The van der Waals surface area contributed by atoms with Crippen LogP contribution >= 0.6 is 30.5 Å². The maximum absolute atomic E-state index is 13.8. The van der Waals surface area contributed by atoms with Crippen molar-refractivity contribution in [3.63, 3.8) is 0 Å². The highest BCUT2D eigenvalue weighted by Gasteiger charge is 2.31. The summed E-state index contributed by atoms with van der Waals surface area (Å²) in [6.45, 7) is 5.02. The molecule has 0 aliphatic heterocycles. The van der Waals surface area contributed by atoms with Gasteiger partial charge >= 0.3 is 19.5 Å². The number of fused-ring (bicyclic) bond motifs is 1. The molecule has 2 atom stereocenters. The van der Waals surface area contributed by atoms with Gasteiger partial charge in [0.25, 0.3) is 0 Å². The first-order chi connectivity index (χ1) is 15.0. The highest BCUT2D eigenvalue weighted by molar-refractivity contribution is 7.56. The fraction of sp³-hybridized carbons (Fsp3) is 0.273. The average molecular weight is 496 g/mol. The SMILES string of the molecule is CC(C)OC(=O)[C@H](C)NP(=O)(Cc1ccc2sc(C(=O)O)cc2c1)Oc1ccc(Cl)cc1. The Morgan fingerprint density at radius 3 is 2.44 bits per heavy atom. The molecule has 0 amide bonds. The molecule has 0 aliphatic carbocycles. The Labute approximate surface area is 194 Å². The Hall–Kier alpha value is -2.38. The van der Waals surface area contributed by atoms with Crippen LogP contribution in [0.5, 0.6) is 5.75 Å². The number of hydrogen-bond donors (Lipinski definition) is 2. The number of carboxylic acids is 1. The maximum Gasteiger partial charge on any atom is 0.345 e. The van der Waals surface area contributed by atoms with Gasteiger partial charge in [-0.05, 0) is 74.2 Å². The number of rotatable bonds is 9. The van der Waals surface area contributed by atoms with E-state index in [1.165, 1.54) is 11.3 Å². The first-order valence-electron chi connectivity index (χ1n) is 9.83. The van der Waals surface area contributed by atoms with Crippen molar-refractivity contribution in [3.8, 4) is 5.75 Å². The van der Waals surface area contributed by atoms with Crippen molar-refractivity contribution in [1.82, 2.24) is 5.09 Å². The first-order valence-corrected chi connectivity index (χ1v) is 12.8. The molecule has 170 valence electrons. The summed E-state index contributed by atoms with van der Waals surface area (Å²) in [6.07, 6.45) is -0.337. The van der Waals surface area contributed by atoms with Crippen LogP contribution in [0.2, 0.25) is 5.02 Å². The Kier molecular flexibility index (Phi) is 7.62. The fourth-order valence-electron chi connectivity index (χ4n) is 2.99. The number of hydrogen-bond acceptors (Lipinski definition) is 6. The molecule has 0 bridgehead atoms. The highest BCUT2D eigenvalue weighted by atomic mass is 35.5. The Morgan fingerprint density at radius 2 is 1.81 bits per heavy atom. The summed E-state index contributed by atoms with van der Waals surface area (Å²) in [7, 11) is -3.63. The van der Waals surface area contributed by atoms with Gasteiger partial charge in [0, 0.05) is 9.72 Å². The summed E-state index contributed by atoms with van der Waals surface area (Å²) in [4.78, 5) is 23.8. The molecule has 1 aromatic heterocycles.